The van der Waals surface area contributed by atoms with Gasteiger partial charge in [0.25, 0.3) is 10.0 Å². The van der Waals surface area contributed by atoms with Crippen LogP contribution < -0.4 is 14.4 Å². The van der Waals surface area contributed by atoms with Crippen LogP contribution in [-0.4, -0.2) is 28.0 Å². The lowest BCUT2D eigenvalue weighted by Gasteiger charge is -2.24. The highest BCUT2D eigenvalue weighted by atomic mass is 35.5. The van der Waals surface area contributed by atoms with Gasteiger partial charge in [-0.15, -0.1) is 0 Å². The fraction of sp³-hybridized carbons (Fsp3) is 0.0952. The van der Waals surface area contributed by atoms with Crippen molar-refractivity contribution in [3.63, 3.8) is 0 Å². The quantitative estimate of drug-likeness (QED) is 0.515. The third-order valence-electron chi connectivity index (χ3n) is 4.25. The number of nitrogens with zero attached hydrogens (tertiary/aromatic N) is 1. The van der Waals surface area contributed by atoms with Gasteiger partial charge >= 0.3 is 0 Å². The number of halogens is 3. The summed E-state index contributed by atoms with van der Waals surface area (Å²) in [6.07, 6.45) is 0. The number of sulfonamides is 1. The Kier molecular flexibility index (Phi) is 7.04. The van der Waals surface area contributed by atoms with Crippen molar-refractivity contribution in [2.45, 2.75) is 4.90 Å². The number of carbonyl (C=O) groups excluding carboxylic acids is 1. The van der Waals surface area contributed by atoms with Crippen LogP contribution in [0.5, 0.6) is 5.75 Å². The van der Waals surface area contributed by atoms with E-state index in [2.05, 4.69) is 5.32 Å². The number of rotatable bonds is 7. The fourth-order valence-electron chi connectivity index (χ4n) is 2.71. The molecule has 1 N–H and O–H groups in total. The van der Waals surface area contributed by atoms with Crippen molar-refractivity contribution in [1.82, 2.24) is 0 Å². The molecular formula is C21H17Cl2FN2O4S. The monoisotopic (exact) mass is 482 g/mol. The van der Waals surface area contributed by atoms with Crippen molar-refractivity contribution in [3.8, 4) is 5.75 Å². The van der Waals surface area contributed by atoms with Gasteiger partial charge in [-0.05, 0) is 66.7 Å². The minimum Gasteiger partial charge on any atom is -0.497 e. The van der Waals surface area contributed by atoms with Gasteiger partial charge in [0.15, 0.2) is 0 Å². The van der Waals surface area contributed by atoms with Crippen molar-refractivity contribution in [2.75, 3.05) is 23.3 Å². The van der Waals surface area contributed by atoms with Gasteiger partial charge in [-0.1, -0.05) is 23.2 Å². The highest BCUT2D eigenvalue weighted by Crippen LogP contribution is 2.27. The highest BCUT2D eigenvalue weighted by molar-refractivity contribution is 7.92. The van der Waals surface area contributed by atoms with Crippen molar-refractivity contribution in [3.05, 3.63) is 82.6 Å². The van der Waals surface area contributed by atoms with Crippen molar-refractivity contribution >= 4 is 50.5 Å². The van der Waals surface area contributed by atoms with Crippen molar-refractivity contribution in [1.29, 1.82) is 0 Å². The van der Waals surface area contributed by atoms with E-state index in [4.69, 9.17) is 27.9 Å². The number of ether oxygens (including phenoxy) is 1. The predicted octanol–water partition coefficient (Wildman–Crippen LogP) is 4.98. The number of hydrogen-bond acceptors (Lipinski definition) is 4. The number of amides is 1. The summed E-state index contributed by atoms with van der Waals surface area (Å²) < 4.78 is 45.9. The third-order valence-corrected chi connectivity index (χ3v) is 6.60. The lowest BCUT2D eigenvalue weighted by atomic mass is 10.3. The molecule has 0 heterocycles. The maximum atomic E-state index is 13.4. The highest BCUT2D eigenvalue weighted by Gasteiger charge is 2.27. The molecule has 1 amide bonds. The van der Waals surface area contributed by atoms with Crippen LogP contribution in [0.25, 0.3) is 0 Å². The molecule has 0 unspecified atom stereocenters. The molecule has 0 aliphatic heterocycles. The van der Waals surface area contributed by atoms with E-state index in [9.17, 15) is 17.6 Å². The molecule has 3 aromatic carbocycles. The Balaban J connectivity index is 1.95. The van der Waals surface area contributed by atoms with Crippen LogP contribution in [-0.2, 0) is 14.8 Å². The third kappa shape index (κ3) is 5.46. The van der Waals surface area contributed by atoms with E-state index in [0.717, 1.165) is 16.4 Å². The first-order valence-corrected chi connectivity index (χ1v) is 11.1. The maximum Gasteiger partial charge on any atom is 0.264 e. The molecule has 0 aromatic heterocycles. The molecule has 3 aromatic rings. The molecule has 0 aliphatic rings. The molecule has 0 atom stereocenters. The number of methoxy groups -OCH3 is 1. The van der Waals surface area contributed by atoms with Crippen molar-refractivity contribution < 1.29 is 22.3 Å². The van der Waals surface area contributed by atoms with Crippen LogP contribution in [0, 0.1) is 5.82 Å². The Hall–Kier alpha value is -2.81. The number of carbonyl (C=O) groups is 1. The second-order valence-corrected chi connectivity index (χ2v) is 9.04. The molecule has 6 nitrogen and oxygen atoms in total. The summed E-state index contributed by atoms with van der Waals surface area (Å²) in [5, 5.41) is 3.14. The van der Waals surface area contributed by atoms with E-state index in [1.54, 1.807) is 6.07 Å². The minimum absolute atomic E-state index is 0.0637. The maximum absolute atomic E-state index is 13.4. The largest absolute Gasteiger partial charge is 0.497 e. The van der Waals surface area contributed by atoms with Gasteiger partial charge in [-0.2, -0.15) is 0 Å². The Bertz CT molecular complexity index is 1190. The Morgan fingerprint density at radius 2 is 1.68 bits per heavy atom. The average molecular weight is 483 g/mol. The zero-order valence-electron chi connectivity index (χ0n) is 16.2. The zero-order chi connectivity index (χ0) is 22.6. The second kappa shape index (κ2) is 9.55. The molecule has 0 saturated carbocycles. The Morgan fingerprint density at radius 1 is 1.03 bits per heavy atom. The number of anilines is 2. The second-order valence-electron chi connectivity index (χ2n) is 6.34. The number of benzene rings is 3. The predicted molar refractivity (Wildman–Crippen MR) is 119 cm³/mol. The van der Waals surface area contributed by atoms with Crippen LogP contribution in [0.1, 0.15) is 0 Å². The summed E-state index contributed by atoms with van der Waals surface area (Å²) in [5.41, 5.74) is 0.352. The molecule has 0 bridgehead atoms. The average Bonchev–Trinajstić information content (AvgIpc) is 2.75. The van der Waals surface area contributed by atoms with Gasteiger partial charge in [-0.3, -0.25) is 9.10 Å². The van der Waals surface area contributed by atoms with E-state index in [1.165, 1.54) is 55.6 Å². The molecule has 0 aliphatic carbocycles. The van der Waals surface area contributed by atoms with Gasteiger partial charge in [0.05, 0.1) is 28.4 Å². The molecule has 31 heavy (non-hydrogen) atoms. The van der Waals surface area contributed by atoms with Gasteiger partial charge in [0.1, 0.15) is 18.1 Å². The van der Waals surface area contributed by atoms with E-state index < -0.39 is 28.3 Å². The van der Waals surface area contributed by atoms with Crippen LogP contribution >= 0.6 is 23.2 Å². The number of nitrogens with one attached hydrogen (secondary N) is 1. The summed E-state index contributed by atoms with van der Waals surface area (Å²) in [5.74, 6) is -0.730. The molecule has 0 saturated heterocycles. The topological polar surface area (TPSA) is 75.7 Å². The first-order valence-electron chi connectivity index (χ1n) is 8.88. The standard InChI is InChI=1S/C21H17Cl2FN2O4S/c1-30-17-7-9-18(10-8-17)31(28,29)26(16-5-3-15(24)4-6-16)13-21(27)25-20-12-14(22)2-11-19(20)23/h2-12H,13H2,1H3,(H,25,27). The summed E-state index contributed by atoms with van der Waals surface area (Å²) in [4.78, 5) is 12.6. The van der Waals surface area contributed by atoms with Gasteiger partial charge in [-0.25, -0.2) is 12.8 Å². The van der Waals surface area contributed by atoms with Crippen LogP contribution in [0.4, 0.5) is 15.8 Å². The lowest BCUT2D eigenvalue weighted by molar-refractivity contribution is -0.114. The molecular weight excluding hydrogens is 466 g/mol. The minimum atomic E-state index is -4.16. The molecule has 0 radical (unpaired) electrons. The van der Waals surface area contributed by atoms with Gasteiger partial charge in [0, 0.05) is 5.02 Å². The van der Waals surface area contributed by atoms with Crippen LogP contribution in [0.15, 0.2) is 71.6 Å². The normalized spacial score (nSPS) is 11.1. The molecule has 10 heteroatoms. The fourth-order valence-corrected chi connectivity index (χ4v) is 4.47. The summed E-state index contributed by atoms with van der Waals surface area (Å²) >= 11 is 12.0. The van der Waals surface area contributed by atoms with Gasteiger partial charge in [0.2, 0.25) is 5.91 Å². The number of hydrogen-bond donors (Lipinski definition) is 1. The summed E-state index contributed by atoms with van der Waals surface area (Å²) in [7, 11) is -2.70. The van der Waals surface area contributed by atoms with Crippen LogP contribution in [0.2, 0.25) is 10.0 Å². The van der Waals surface area contributed by atoms with E-state index in [1.807, 2.05) is 0 Å². The zero-order valence-corrected chi connectivity index (χ0v) is 18.5. The molecule has 0 fully saturated rings. The van der Waals surface area contributed by atoms with E-state index >= 15 is 0 Å². The SMILES string of the molecule is COc1ccc(S(=O)(=O)N(CC(=O)Nc2cc(Cl)ccc2Cl)c2ccc(F)cc2)cc1. The summed E-state index contributed by atoms with van der Waals surface area (Å²) in [6.45, 7) is -0.581. The summed E-state index contributed by atoms with van der Waals surface area (Å²) in [6, 6.07) is 15.0. The Morgan fingerprint density at radius 3 is 2.29 bits per heavy atom. The molecule has 3 rings (SSSR count). The van der Waals surface area contributed by atoms with Crippen molar-refractivity contribution in [2.24, 2.45) is 0 Å². The van der Waals surface area contributed by atoms with Crippen LogP contribution in [0.3, 0.4) is 0 Å². The Labute approximate surface area is 189 Å². The lowest BCUT2D eigenvalue weighted by Crippen LogP contribution is -2.38. The van der Waals surface area contributed by atoms with Gasteiger partial charge < -0.3 is 10.1 Å². The first kappa shape index (κ1) is 22.9. The van der Waals surface area contributed by atoms with E-state index in [-0.39, 0.29) is 21.3 Å². The molecule has 162 valence electrons. The first-order chi connectivity index (χ1) is 14.7. The van der Waals surface area contributed by atoms with E-state index in [0.29, 0.717) is 10.8 Å². The smallest absolute Gasteiger partial charge is 0.264 e. The molecule has 0 spiro atoms.